The molecule has 1 fully saturated rings. The molecule has 0 spiro atoms. The zero-order valence-corrected chi connectivity index (χ0v) is 16.0. The van der Waals surface area contributed by atoms with Crippen LogP contribution in [-0.2, 0) is 14.3 Å². The molecule has 10 heteroatoms. The number of halogens is 4. The molecule has 29 heavy (non-hydrogen) atoms. The Hall–Kier alpha value is -2.55. The van der Waals surface area contributed by atoms with Crippen LogP contribution in [0.3, 0.4) is 0 Å². The van der Waals surface area contributed by atoms with E-state index < -0.39 is 30.1 Å². The maximum atomic E-state index is 12.9. The molecule has 3 N–H and O–H groups in total. The summed E-state index contributed by atoms with van der Waals surface area (Å²) in [7, 11) is 0. The van der Waals surface area contributed by atoms with Crippen molar-refractivity contribution in [3.8, 4) is 0 Å². The monoisotopic (exact) mass is 429 g/mol. The van der Waals surface area contributed by atoms with E-state index in [0.29, 0.717) is 23.7 Å². The van der Waals surface area contributed by atoms with Crippen LogP contribution in [-0.4, -0.2) is 29.1 Å². The predicted molar refractivity (Wildman–Crippen MR) is 102 cm³/mol. The molecule has 0 radical (unpaired) electrons. The third-order valence-corrected chi connectivity index (χ3v) is 5.21. The van der Waals surface area contributed by atoms with Gasteiger partial charge in [0.1, 0.15) is 5.82 Å². The van der Waals surface area contributed by atoms with Crippen LogP contribution in [0.2, 0.25) is 5.02 Å². The summed E-state index contributed by atoms with van der Waals surface area (Å²) >= 11 is 6.19. The van der Waals surface area contributed by atoms with Gasteiger partial charge in [0.05, 0.1) is 16.2 Å². The molecule has 1 aromatic heterocycles. The van der Waals surface area contributed by atoms with E-state index in [1.54, 1.807) is 12.1 Å². The lowest BCUT2D eigenvalue weighted by atomic mass is 9.84. The topological polar surface area (TPSA) is 94.3 Å². The number of nitrogens with two attached hydrogens (primary N) is 1. The molecule has 0 aliphatic heterocycles. The fourth-order valence-corrected chi connectivity index (χ4v) is 3.71. The number of rotatable bonds is 4. The van der Waals surface area contributed by atoms with E-state index in [2.05, 4.69) is 15.0 Å². The fourth-order valence-electron chi connectivity index (χ4n) is 3.50. The van der Waals surface area contributed by atoms with Crippen molar-refractivity contribution < 1.29 is 27.5 Å². The highest BCUT2D eigenvalue weighted by Crippen LogP contribution is 2.34. The van der Waals surface area contributed by atoms with E-state index in [-0.39, 0.29) is 16.5 Å². The summed E-state index contributed by atoms with van der Waals surface area (Å²) < 4.78 is 42.8. The van der Waals surface area contributed by atoms with Gasteiger partial charge < -0.3 is 15.8 Å². The Morgan fingerprint density at radius 1 is 1.17 bits per heavy atom. The van der Waals surface area contributed by atoms with Crippen LogP contribution in [0.4, 0.5) is 24.7 Å². The molecule has 1 aromatic carbocycles. The predicted octanol–water partition coefficient (Wildman–Crippen LogP) is 4.46. The zero-order chi connectivity index (χ0) is 21.2. The van der Waals surface area contributed by atoms with Crippen molar-refractivity contribution in [2.45, 2.75) is 44.4 Å². The minimum atomic E-state index is -5.19. The van der Waals surface area contributed by atoms with E-state index in [4.69, 9.17) is 17.3 Å². The number of ether oxygens (including phenoxy) is 1. The zero-order valence-electron chi connectivity index (χ0n) is 15.3. The lowest BCUT2D eigenvalue weighted by molar-refractivity contribution is -0.207. The van der Waals surface area contributed by atoms with Gasteiger partial charge in [-0.2, -0.15) is 13.2 Å². The molecule has 0 bridgehead atoms. The van der Waals surface area contributed by atoms with Gasteiger partial charge in [-0.1, -0.05) is 30.9 Å². The van der Waals surface area contributed by atoms with Crippen molar-refractivity contribution >= 4 is 45.9 Å². The Morgan fingerprint density at radius 3 is 2.52 bits per heavy atom. The number of benzene rings is 1. The summed E-state index contributed by atoms with van der Waals surface area (Å²) in [5.41, 5.74) is 6.28. The third kappa shape index (κ3) is 4.90. The molecule has 2 aromatic rings. The second-order valence-electron chi connectivity index (χ2n) is 6.94. The van der Waals surface area contributed by atoms with E-state index in [0.717, 1.165) is 19.3 Å². The molecule has 1 heterocycles. The number of hydrogen-bond donors (Lipinski definition) is 2. The normalized spacial score (nSPS) is 16.4. The minimum Gasteiger partial charge on any atom is -0.445 e. The fraction of sp³-hybridized carbons (Fsp3) is 0.421. The lowest BCUT2D eigenvalue weighted by Gasteiger charge is -2.29. The van der Waals surface area contributed by atoms with E-state index in [9.17, 15) is 22.8 Å². The average Bonchev–Trinajstić information content (AvgIpc) is 2.67. The Bertz CT molecular complexity index is 930. The summed E-state index contributed by atoms with van der Waals surface area (Å²) in [6, 6.07) is 6.20. The minimum absolute atomic E-state index is 0.168. The molecule has 1 saturated carbocycles. The van der Waals surface area contributed by atoms with Crippen LogP contribution >= 0.6 is 11.6 Å². The summed E-state index contributed by atoms with van der Waals surface area (Å²) in [4.78, 5) is 28.4. The van der Waals surface area contributed by atoms with E-state index in [1.807, 2.05) is 0 Å². The van der Waals surface area contributed by atoms with Gasteiger partial charge in [-0.25, -0.2) is 9.78 Å². The molecule has 1 atom stereocenters. The van der Waals surface area contributed by atoms with Gasteiger partial charge in [-0.15, -0.1) is 0 Å². The maximum Gasteiger partial charge on any atom is 0.490 e. The van der Waals surface area contributed by atoms with Crippen molar-refractivity contribution in [3.05, 3.63) is 29.3 Å². The highest BCUT2D eigenvalue weighted by molar-refractivity contribution is 6.35. The number of esters is 1. The van der Waals surface area contributed by atoms with Gasteiger partial charge in [-0.05, 0) is 37.1 Å². The quantitative estimate of drug-likeness (QED) is 0.699. The lowest BCUT2D eigenvalue weighted by Crippen LogP contribution is -2.42. The van der Waals surface area contributed by atoms with Crippen LogP contribution < -0.4 is 11.1 Å². The second kappa shape index (κ2) is 8.44. The molecular weight excluding hydrogens is 411 g/mol. The number of aromatic nitrogens is 1. The van der Waals surface area contributed by atoms with Gasteiger partial charge in [0.25, 0.3) is 5.91 Å². The van der Waals surface area contributed by atoms with Gasteiger partial charge in [-0.3, -0.25) is 4.79 Å². The van der Waals surface area contributed by atoms with E-state index in [1.165, 1.54) is 12.1 Å². The molecular formula is C19H19ClF3N3O3. The summed E-state index contributed by atoms with van der Waals surface area (Å²) in [5, 5.41) is 3.16. The molecule has 1 aliphatic carbocycles. The van der Waals surface area contributed by atoms with Gasteiger partial charge in [0, 0.05) is 11.3 Å². The number of nitrogens with one attached hydrogen (secondary N) is 1. The third-order valence-electron chi connectivity index (χ3n) is 4.89. The maximum absolute atomic E-state index is 12.9. The van der Waals surface area contributed by atoms with Crippen LogP contribution in [0.1, 0.15) is 32.1 Å². The molecule has 6 nitrogen and oxygen atoms in total. The van der Waals surface area contributed by atoms with Crippen molar-refractivity contribution in [2.24, 2.45) is 5.92 Å². The van der Waals surface area contributed by atoms with Crippen molar-refractivity contribution in [3.63, 3.8) is 0 Å². The van der Waals surface area contributed by atoms with Crippen molar-refractivity contribution in [1.29, 1.82) is 0 Å². The first-order valence-corrected chi connectivity index (χ1v) is 9.48. The first-order chi connectivity index (χ1) is 13.7. The highest BCUT2D eigenvalue weighted by atomic mass is 35.5. The Morgan fingerprint density at radius 2 is 1.86 bits per heavy atom. The molecule has 3 rings (SSSR count). The number of anilines is 2. The summed E-state index contributed by atoms with van der Waals surface area (Å²) in [6.07, 6.45) is -3.37. The van der Waals surface area contributed by atoms with Crippen LogP contribution in [0.15, 0.2) is 24.3 Å². The number of nitrogens with zero attached hydrogens (tertiary/aromatic N) is 1. The number of nitrogen functional groups attached to an aromatic ring is 1. The largest absolute Gasteiger partial charge is 0.490 e. The van der Waals surface area contributed by atoms with Gasteiger partial charge in [0.15, 0.2) is 6.10 Å². The van der Waals surface area contributed by atoms with Gasteiger partial charge in [0.2, 0.25) is 0 Å². The smallest absolute Gasteiger partial charge is 0.445 e. The van der Waals surface area contributed by atoms with Crippen LogP contribution in [0.5, 0.6) is 0 Å². The molecule has 0 saturated heterocycles. The number of amides is 1. The van der Waals surface area contributed by atoms with Crippen molar-refractivity contribution in [2.75, 3.05) is 11.1 Å². The molecule has 1 unspecified atom stereocenters. The number of carbonyl (C=O) groups is 2. The SMILES string of the molecule is Nc1ccc2c(NC(=O)C(OC(=O)C(F)(F)F)C3CCCCC3)c(Cl)ccc2n1. The van der Waals surface area contributed by atoms with Gasteiger partial charge >= 0.3 is 12.1 Å². The Balaban J connectivity index is 1.91. The molecule has 156 valence electrons. The number of hydrogen-bond acceptors (Lipinski definition) is 5. The van der Waals surface area contributed by atoms with Crippen LogP contribution in [0.25, 0.3) is 10.9 Å². The first kappa shape index (κ1) is 21.2. The van der Waals surface area contributed by atoms with E-state index >= 15 is 0 Å². The number of alkyl halides is 3. The van der Waals surface area contributed by atoms with Crippen molar-refractivity contribution in [1.82, 2.24) is 4.98 Å². The van der Waals surface area contributed by atoms with Crippen LogP contribution in [0, 0.1) is 5.92 Å². The Labute approximate surface area is 169 Å². The molecule has 1 aliphatic rings. The number of fused-ring (bicyclic) bond motifs is 1. The first-order valence-electron chi connectivity index (χ1n) is 9.10. The number of pyridine rings is 1. The standard InChI is InChI=1S/C19H19ClF3N3O3/c20-12-7-8-13-11(6-9-14(24)25-13)15(12)26-17(27)16(10-4-2-1-3-5-10)29-18(28)19(21,22)23/h6-10,16H,1-5H2,(H2,24,25)(H,26,27). The summed E-state index contributed by atoms with van der Waals surface area (Å²) in [5.74, 6) is -3.49. The molecule has 1 amide bonds. The number of carbonyl (C=O) groups excluding carboxylic acids is 2. The summed E-state index contributed by atoms with van der Waals surface area (Å²) in [6.45, 7) is 0. The average molecular weight is 430 g/mol. The second-order valence-corrected chi connectivity index (χ2v) is 7.34. The highest BCUT2D eigenvalue weighted by Gasteiger charge is 2.45. The Kier molecular flexibility index (Phi) is 6.16.